The molecule has 0 radical (unpaired) electrons. The Morgan fingerprint density at radius 2 is 1.86 bits per heavy atom. The molecule has 0 saturated carbocycles. The van der Waals surface area contributed by atoms with E-state index < -0.39 is 0 Å². The zero-order valence-corrected chi connectivity index (χ0v) is 15.2. The van der Waals surface area contributed by atoms with Gasteiger partial charge in [0.1, 0.15) is 5.75 Å². The average Bonchev–Trinajstić information content (AvgIpc) is 3.26. The molecule has 0 saturated heterocycles. The maximum atomic E-state index is 12.1. The van der Waals surface area contributed by atoms with Crippen LogP contribution in [0.2, 0.25) is 0 Å². The smallest absolute Gasteiger partial charge is 0.291 e. The second-order valence-corrected chi connectivity index (χ2v) is 5.85. The molecular weight excluding hydrogens is 358 g/mol. The summed E-state index contributed by atoms with van der Waals surface area (Å²) in [4.78, 5) is 23.9. The number of para-hydroxylation sites is 1. The van der Waals surface area contributed by atoms with Gasteiger partial charge in [-0.2, -0.15) is 5.10 Å². The minimum Gasteiger partial charge on any atom is -0.484 e. The van der Waals surface area contributed by atoms with Crippen molar-refractivity contribution in [1.82, 2.24) is 5.43 Å². The highest BCUT2D eigenvalue weighted by Crippen LogP contribution is 2.13. The van der Waals surface area contributed by atoms with E-state index in [0.29, 0.717) is 17.1 Å². The van der Waals surface area contributed by atoms with Crippen LogP contribution in [0.25, 0.3) is 0 Å². The maximum absolute atomic E-state index is 12.1. The number of carbonyl (C=O) groups excluding carboxylic acids is 2. The fraction of sp³-hybridized carbons (Fsp3) is 0.0952. The molecule has 2 N–H and O–H groups in total. The molecule has 0 bridgehead atoms. The van der Waals surface area contributed by atoms with Crippen LogP contribution < -0.4 is 15.5 Å². The van der Waals surface area contributed by atoms with E-state index in [0.717, 1.165) is 5.56 Å². The van der Waals surface area contributed by atoms with Crippen LogP contribution in [0.4, 0.5) is 5.69 Å². The molecule has 0 fully saturated rings. The third-order valence-corrected chi connectivity index (χ3v) is 3.74. The summed E-state index contributed by atoms with van der Waals surface area (Å²) in [5, 5.41) is 6.83. The predicted molar refractivity (Wildman–Crippen MR) is 105 cm³/mol. The van der Waals surface area contributed by atoms with Gasteiger partial charge in [-0.05, 0) is 48.9 Å². The first kappa shape index (κ1) is 18.9. The van der Waals surface area contributed by atoms with Crippen LogP contribution in [0.15, 0.2) is 82.5 Å². The topological polar surface area (TPSA) is 92.9 Å². The number of anilines is 1. The Labute approximate surface area is 162 Å². The summed E-state index contributed by atoms with van der Waals surface area (Å²) in [5.41, 5.74) is 4.38. The minimum atomic E-state index is -0.370. The van der Waals surface area contributed by atoms with Crippen molar-refractivity contribution < 1.29 is 18.7 Å². The summed E-state index contributed by atoms with van der Waals surface area (Å²) in [6, 6.07) is 19.4. The van der Waals surface area contributed by atoms with Gasteiger partial charge in [0.2, 0.25) is 0 Å². The molecule has 0 spiro atoms. The lowest BCUT2D eigenvalue weighted by Crippen LogP contribution is -2.25. The van der Waals surface area contributed by atoms with Gasteiger partial charge in [-0.25, -0.2) is 5.43 Å². The first-order chi connectivity index (χ1) is 13.6. The minimum absolute atomic E-state index is 0.139. The number of hydrogen-bond donors (Lipinski definition) is 2. The molecule has 0 aliphatic heterocycles. The lowest BCUT2D eigenvalue weighted by Gasteiger charge is -2.07. The number of hydrazone groups is 1. The number of ether oxygens (including phenoxy) is 1. The van der Waals surface area contributed by atoms with E-state index in [-0.39, 0.29) is 24.2 Å². The largest absolute Gasteiger partial charge is 0.484 e. The molecule has 142 valence electrons. The van der Waals surface area contributed by atoms with Gasteiger partial charge >= 0.3 is 0 Å². The molecule has 1 heterocycles. The van der Waals surface area contributed by atoms with Crippen molar-refractivity contribution in [3.05, 3.63) is 84.3 Å². The zero-order chi connectivity index (χ0) is 19.8. The maximum Gasteiger partial charge on any atom is 0.291 e. The molecule has 3 rings (SSSR count). The molecule has 7 heteroatoms. The third kappa shape index (κ3) is 5.31. The van der Waals surface area contributed by atoms with Crippen LogP contribution in [0.1, 0.15) is 23.0 Å². The van der Waals surface area contributed by atoms with Gasteiger partial charge < -0.3 is 14.5 Å². The molecule has 3 aromatic rings. The average molecular weight is 377 g/mol. The van der Waals surface area contributed by atoms with E-state index in [1.54, 1.807) is 49.4 Å². The van der Waals surface area contributed by atoms with Crippen LogP contribution in [0.5, 0.6) is 5.75 Å². The van der Waals surface area contributed by atoms with Crippen LogP contribution in [0, 0.1) is 0 Å². The molecule has 2 amide bonds. The lowest BCUT2D eigenvalue weighted by atomic mass is 10.1. The van der Waals surface area contributed by atoms with E-state index in [4.69, 9.17) is 9.15 Å². The number of hydrogen-bond acceptors (Lipinski definition) is 5. The Hall–Kier alpha value is -3.87. The number of furan rings is 1. The number of rotatable bonds is 7. The molecule has 0 aliphatic rings. The summed E-state index contributed by atoms with van der Waals surface area (Å²) in [6.07, 6.45) is 1.44. The molecule has 28 heavy (non-hydrogen) atoms. The molecule has 0 unspecified atom stereocenters. The first-order valence-electron chi connectivity index (χ1n) is 8.58. The highest BCUT2D eigenvalue weighted by Gasteiger charge is 2.09. The molecule has 1 aromatic heterocycles. The first-order valence-corrected chi connectivity index (χ1v) is 8.58. The van der Waals surface area contributed by atoms with Crippen molar-refractivity contribution in [3.8, 4) is 5.75 Å². The number of benzene rings is 2. The lowest BCUT2D eigenvalue weighted by molar-refractivity contribution is -0.123. The van der Waals surface area contributed by atoms with E-state index in [1.165, 1.54) is 6.26 Å². The SMILES string of the molecule is C/C(=N\NC(=O)COc1ccccc1)c1cccc(NC(=O)c2ccco2)c1. The fourth-order valence-corrected chi connectivity index (χ4v) is 2.33. The van der Waals surface area contributed by atoms with Gasteiger partial charge in [0, 0.05) is 5.69 Å². The van der Waals surface area contributed by atoms with Crippen molar-refractivity contribution in [2.75, 3.05) is 11.9 Å². The van der Waals surface area contributed by atoms with Crippen molar-refractivity contribution in [1.29, 1.82) is 0 Å². The van der Waals surface area contributed by atoms with Crippen molar-refractivity contribution in [2.45, 2.75) is 6.92 Å². The Kier molecular flexibility index (Phi) is 6.20. The van der Waals surface area contributed by atoms with Crippen molar-refractivity contribution in [3.63, 3.8) is 0 Å². The quantitative estimate of drug-likeness (QED) is 0.487. The van der Waals surface area contributed by atoms with Gasteiger partial charge in [0.25, 0.3) is 11.8 Å². The summed E-state index contributed by atoms with van der Waals surface area (Å²) in [6.45, 7) is 1.62. The van der Waals surface area contributed by atoms with Gasteiger partial charge in [0.15, 0.2) is 12.4 Å². The van der Waals surface area contributed by atoms with Crippen LogP contribution >= 0.6 is 0 Å². The second-order valence-electron chi connectivity index (χ2n) is 5.85. The normalized spacial score (nSPS) is 11.0. The summed E-state index contributed by atoms with van der Waals surface area (Å²) < 4.78 is 10.4. The van der Waals surface area contributed by atoms with E-state index >= 15 is 0 Å². The molecule has 2 aromatic carbocycles. The van der Waals surface area contributed by atoms with E-state index in [2.05, 4.69) is 15.8 Å². The second kappa shape index (κ2) is 9.18. The van der Waals surface area contributed by atoms with Crippen LogP contribution in [0.3, 0.4) is 0 Å². The number of carbonyl (C=O) groups is 2. The Bertz CT molecular complexity index is 966. The van der Waals surface area contributed by atoms with Gasteiger partial charge in [-0.1, -0.05) is 30.3 Å². The molecule has 0 aliphatic carbocycles. The number of nitrogens with one attached hydrogen (secondary N) is 2. The van der Waals surface area contributed by atoms with E-state index in [9.17, 15) is 9.59 Å². The van der Waals surface area contributed by atoms with Gasteiger partial charge in [-0.3, -0.25) is 9.59 Å². The van der Waals surface area contributed by atoms with Crippen LogP contribution in [-0.4, -0.2) is 24.1 Å². The third-order valence-electron chi connectivity index (χ3n) is 3.74. The van der Waals surface area contributed by atoms with Crippen molar-refractivity contribution >= 4 is 23.2 Å². The highest BCUT2D eigenvalue weighted by molar-refractivity contribution is 6.04. The molecule has 7 nitrogen and oxygen atoms in total. The molecular formula is C21H19N3O4. The summed E-state index contributed by atoms with van der Waals surface area (Å²) >= 11 is 0. The van der Waals surface area contributed by atoms with Gasteiger partial charge in [-0.15, -0.1) is 0 Å². The Morgan fingerprint density at radius 1 is 1.04 bits per heavy atom. The predicted octanol–water partition coefficient (Wildman–Crippen LogP) is 3.45. The Balaban J connectivity index is 1.56. The fourth-order valence-electron chi connectivity index (χ4n) is 2.33. The van der Waals surface area contributed by atoms with Crippen molar-refractivity contribution in [2.24, 2.45) is 5.10 Å². The van der Waals surface area contributed by atoms with E-state index in [1.807, 2.05) is 24.3 Å². The van der Waals surface area contributed by atoms with Gasteiger partial charge in [0.05, 0.1) is 12.0 Å². The summed E-state index contributed by atoms with van der Waals surface area (Å²) in [7, 11) is 0. The number of nitrogens with zero attached hydrogens (tertiary/aromatic N) is 1. The zero-order valence-electron chi connectivity index (χ0n) is 15.2. The van der Waals surface area contributed by atoms with Crippen LogP contribution in [-0.2, 0) is 4.79 Å². The monoisotopic (exact) mass is 377 g/mol. The highest BCUT2D eigenvalue weighted by atomic mass is 16.5. The number of amides is 2. The summed E-state index contributed by atoms with van der Waals surface area (Å²) in [5.74, 6) is 0.119. The standard InChI is InChI=1S/C21H19N3O4/c1-15(23-24-20(25)14-28-18-9-3-2-4-10-18)16-7-5-8-17(13-16)22-21(26)19-11-6-12-27-19/h2-13H,14H2,1H3,(H,22,26)(H,24,25)/b23-15+. The molecule has 0 atom stereocenters. The Morgan fingerprint density at radius 3 is 2.61 bits per heavy atom.